The zero-order chi connectivity index (χ0) is 20.8. The van der Waals surface area contributed by atoms with E-state index in [-0.39, 0.29) is 10.8 Å². The summed E-state index contributed by atoms with van der Waals surface area (Å²) in [6.45, 7) is 12.8. The van der Waals surface area contributed by atoms with Crippen molar-refractivity contribution in [1.82, 2.24) is 5.32 Å². The Balaban J connectivity index is 1.82. The predicted octanol–water partition coefficient (Wildman–Crippen LogP) is 6.65. The van der Waals surface area contributed by atoms with E-state index in [1.54, 1.807) is 7.11 Å². The minimum atomic E-state index is 0.206. The molecule has 4 rings (SSSR count). The SMILES string of the molecule is COc1cc(C=C2CNCS2)ccc1-c1cc2c(cc1C)C(C)(C)CCC2(C)C. The summed E-state index contributed by atoms with van der Waals surface area (Å²) in [7, 11) is 1.78. The average Bonchev–Trinajstić information content (AvgIpc) is 3.18. The van der Waals surface area contributed by atoms with Crippen LogP contribution in [-0.4, -0.2) is 19.5 Å². The van der Waals surface area contributed by atoms with Crippen molar-refractivity contribution in [2.45, 2.75) is 58.3 Å². The molecule has 3 heteroatoms. The van der Waals surface area contributed by atoms with Crippen molar-refractivity contribution in [3.8, 4) is 16.9 Å². The molecule has 2 aromatic carbocycles. The molecule has 0 atom stereocenters. The summed E-state index contributed by atoms with van der Waals surface area (Å²) in [6.07, 6.45) is 4.73. The molecule has 1 aliphatic carbocycles. The highest BCUT2D eigenvalue weighted by Gasteiger charge is 2.37. The van der Waals surface area contributed by atoms with Crippen molar-refractivity contribution in [3.05, 3.63) is 57.5 Å². The molecule has 0 unspecified atom stereocenters. The van der Waals surface area contributed by atoms with Crippen LogP contribution in [0.1, 0.15) is 62.8 Å². The minimum absolute atomic E-state index is 0.206. The summed E-state index contributed by atoms with van der Waals surface area (Å²) in [4.78, 5) is 1.38. The van der Waals surface area contributed by atoms with Crippen LogP contribution < -0.4 is 10.1 Å². The van der Waals surface area contributed by atoms with E-state index in [2.05, 4.69) is 76.3 Å². The van der Waals surface area contributed by atoms with Gasteiger partial charge in [-0.05, 0) is 76.6 Å². The molecule has 0 bridgehead atoms. The van der Waals surface area contributed by atoms with Gasteiger partial charge in [-0.3, -0.25) is 0 Å². The van der Waals surface area contributed by atoms with Crippen molar-refractivity contribution in [3.63, 3.8) is 0 Å². The van der Waals surface area contributed by atoms with Gasteiger partial charge in [0.2, 0.25) is 0 Å². The molecule has 1 fully saturated rings. The van der Waals surface area contributed by atoms with E-state index in [0.717, 1.165) is 18.2 Å². The molecule has 0 saturated carbocycles. The number of nitrogens with one attached hydrogen (secondary N) is 1. The third-order valence-electron chi connectivity index (χ3n) is 6.70. The highest BCUT2D eigenvalue weighted by Crippen LogP contribution is 2.48. The van der Waals surface area contributed by atoms with E-state index in [9.17, 15) is 0 Å². The molecule has 2 aliphatic rings. The van der Waals surface area contributed by atoms with Crippen molar-refractivity contribution >= 4 is 17.8 Å². The molecule has 1 N–H and O–H groups in total. The van der Waals surface area contributed by atoms with Gasteiger partial charge in [-0.15, -0.1) is 11.8 Å². The quantitative estimate of drug-likeness (QED) is 0.615. The fourth-order valence-electron chi connectivity index (χ4n) is 4.68. The zero-order valence-corrected chi connectivity index (χ0v) is 19.4. The fraction of sp³-hybridized carbons (Fsp3) is 0.462. The number of aryl methyl sites for hydroxylation is 1. The summed E-state index contributed by atoms with van der Waals surface area (Å²) >= 11 is 1.88. The number of hydrogen-bond donors (Lipinski definition) is 1. The summed E-state index contributed by atoms with van der Waals surface area (Å²) in [5.41, 5.74) is 8.47. The van der Waals surface area contributed by atoms with Crippen molar-refractivity contribution in [1.29, 1.82) is 0 Å². The van der Waals surface area contributed by atoms with Crippen LogP contribution in [0, 0.1) is 6.92 Å². The molecule has 0 amide bonds. The number of hydrogen-bond acceptors (Lipinski definition) is 3. The van der Waals surface area contributed by atoms with Crippen molar-refractivity contribution in [2.24, 2.45) is 0 Å². The maximum absolute atomic E-state index is 5.85. The molecule has 2 aromatic rings. The van der Waals surface area contributed by atoms with E-state index in [1.807, 2.05) is 11.8 Å². The number of fused-ring (bicyclic) bond motifs is 1. The Hall–Kier alpha value is -1.71. The Bertz CT molecular complexity index is 963. The molecule has 0 aromatic heterocycles. The molecule has 29 heavy (non-hydrogen) atoms. The third-order valence-corrected chi connectivity index (χ3v) is 7.68. The van der Waals surface area contributed by atoms with Crippen LogP contribution in [0.25, 0.3) is 17.2 Å². The lowest BCUT2D eigenvalue weighted by molar-refractivity contribution is 0.332. The first-order chi connectivity index (χ1) is 13.7. The van der Waals surface area contributed by atoms with Crippen LogP contribution in [0.4, 0.5) is 0 Å². The van der Waals surface area contributed by atoms with Gasteiger partial charge >= 0.3 is 0 Å². The number of methoxy groups -OCH3 is 1. The standard InChI is InChI=1S/C26H33NOS/c1-17-11-22-23(26(4,5)10-9-25(22,2)3)14-21(17)20-8-7-18(13-24(20)28-6)12-19-15-27-16-29-19/h7-8,11-14,27H,9-10,15-16H2,1-6H3. The Morgan fingerprint density at radius 3 is 2.28 bits per heavy atom. The highest BCUT2D eigenvalue weighted by atomic mass is 32.2. The Morgan fingerprint density at radius 1 is 0.966 bits per heavy atom. The van der Waals surface area contributed by atoms with Crippen LogP contribution in [0.15, 0.2) is 35.2 Å². The van der Waals surface area contributed by atoms with Gasteiger partial charge in [-0.2, -0.15) is 0 Å². The molecule has 1 saturated heterocycles. The Kier molecular flexibility index (Phi) is 5.33. The zero-order valence-electron chi connectivity index (χ0n) is 18.6. The lowest BCUT2D eigenvalue weighted by atomic mass is 9.62. The van der Waals surface area contributed by atoms with Crippen molar-refractivity contribution in [2.75, 3.05) is 19.5 Å². The second-order valence-electron chi connectivity index (χ2n) is 9.77. The van der Waals surface area contributed by atoms with E-state index in [1.165, 1.54) is 51.1 Å². The van der Waals surface area contributed by atoms with Gasteiger partial charge in [-0.1, -0.05) is 45.9 Å². The Labute approximate surface area is 180 Å². The Morgan fingerprint density at radius 2 is 1.66 bits per heavy atom. The normalized spacial score (nSPS) is 21.2. The summed E-state index contributed by atoms with van der Waals surface area (Å²) < 4.78 is 5.85. The molecule has 0 radical (unpaired) electrons. The topological polar surface area (TPSA) is 21.3 Å². The minimum Gasteiger partial charge on any atom is -0.496 e. The number of ether oxygens (including phenoxy) is 1. The first kappa shape index (κ1) is 20.6. The number of rotatable bonds is 3. The van der Waals surface area contributed by atoms with Gasteiger partial charge in [0.25, 0.3) is 0 Å². The monoisotopic (exact) mass is 407 g/mol. The fourth-order valence-corrected chi connectivity index (χ4v) is 5.49. The summed E-state index contributed by atoms with van der Waals surface area (Å²) in [5, 5.41) is 3.37. The van der Waals surface area contributed by atoms with Crippen LogP contribution >= 0.6 is 11.8 Å². The maximum atomic E-state index is 5.85. The number of benzene rings is 2. The van der Waals surface area contributed by atoms with Crippen LogP contribution in [0.3, 0.4) is 0 Å². The van der Waals surface area contributed by atoms with Gasteiger partial charge in [-0.25, -0.2) is 0 Å². The molecular formula is C26H33NOS. The molecule has 1 aliphatic heterocycles. The van der Waals surface area contributed by atoms with E-state index in [4.69, 9.17) is 4.74 Å². The summed E-state index contributed by atoms with van der Waals surface area (Å²) in [5.74, 6) is 1.95. The van der Waals surface area contributed by atoms with Gasteiger partial charge in [0.15, 0.2) is 0 Å². The van der Waals surface area contributed by atoms with E-state index < -0.39 is 0 Å². The molecule has 0 spiro atoms. The molecule has 154 valence electrons. The molecule has 1 heterocycles. The maximum Gasteiger partial charge on any atom is 0.127 e. The second-order valence-corrected chi connectivity index (χ2v) is 10.9. The number of thioether (sulfide) groups is 1. The smallest absolute Gasteiger partial charge is 0.127 e. The molecular weight excluding hydrogens is 374 g/mol. The lowest BCUT2D eigenvalue weighted by Gasteiger charge is -2.42. The highest BCUT2D eigenvalue weighted by molar-refractivity contribution is 8.03. The van der Waals surface area contributed by atoms with E-state index in [0.29, 0.717) is 0 Å². The summed E-state index contributed by atoms with van der Waals surface area (Å²) in [6, 6.07) is 11.5. The van der Waals surface area contributed by atoms with Gasteiger partial charge < -0.3 is 10.1 Å². The largest absolute Gasteiger partial charge is 0.496 e. The first-order valence-electron chi connectivity index (χ1n) is 10.6. The lowest BCUT2D eigenvalue weighted by Crippen LogP contribution is -2.34. The second kappa shape index (κ2) is 7.52. The third kappa shape index (κ3) is 3.87. The van der Waals surface area contributed by atoms with Crippen LogP contribution in [0.2, 0.25) is 0 Å². The van der Waals surface area contributed by atoms with E-state index >= 15 is 0 Å². The van der Waals surface area contributed by atoms with Crippen LogP contribution in [0.5, 0.6) is 5.75 Å². The van der Waals surface area contributed by atoms with Gasteiger partial charge in [0, 0.05) is 22.9 Å². The predicted molar refractivity (Wildman–Crippen MR) is 127 cm³/mol. The van der Waals surface area contributed by atoms with Gasteiger partial charge in [0.05, 0.1) is 7.11 Å². The van der Waals surface area contributed by atoms with Gasteiger partial charge in [0.1, 0.15) is 5.75 Å². The first-order valence-corrected chi connectivity index (χ1v) is 11.6. The van der Waals surface area contributed by atoms with Crippen LogP contribution in [-0.2, 0) is 10.8 Å². The average molecular weight is 408 g/mol. The molecule has 2 nitrogen and oxygen atoms in total. The van der Waals surface area contributed by atoms with Crippen molar-refractivity contribution < 1.29 is 4.74 Å².